The zero-order chi connectivity index (χ0) is 20.4. The number of carbonyl (C=O) groups excluding carboxylic acids is 1. The number of anilines is 1. The van der Waals surface area contributed by atoms with Crippen LogP contribution < -0.4 is 19.7 Å². The van der Waals surface area contributed by atoms with E-state index in [1.54, 1.807) is 20.3 Å². The normalized spacial score (nSPS) is 14.0. The second-order valence-corrected chi connectivity index (χ2v) is 7.92. The van der Waals surface area contributed by atoms with Crippen molar-refractivity contribution in [3.8, 4) is 11.5 Å². The molecule has 1 aliphatic heterocycles. The topological polar surface area (TPSA) is 63.7 Å². The first-order valence-electron chi connectivity index (χ1n) is 9.37. The third-order valence-electron chi connectivity index (χ3n) is 5.04. The summed E-state index contributed by atoms with van der Waals surface area (Å²) >= 11 is 1.45. The Balaban J connectivity index is 1.27. The lowest BCUT2D eigenvalue weighted by atomic mass is 10.00. The van der Waals surface area contributed by atoms with Crippen LogP contribution in [0.1, 0.15) is 5.56 Å². The molecule has 0 atom stereocenters. The monoisotopic (exact) mass is 415 g/mol. The van der Waals surface area contributed by atoms with Gasteiger partial charge in [-0.2, -0.15) is 0 Å². The lowest BCUT2D eigenvalue weighted by Crippen LogP contribution is -2.54. The Morgan fingerprint density at radius 3 is 2.76 bits per heavy atom. The van der Waals surface area contributed by atoms with E-state index in [1.165, 1.54) is 17.4 Å². The third kappa shape index (κ3) is 3.98. The van der Waals surface area contributed by atoms with Gasteiger partial charge < -0.3 is 19.7 Å². The minimum absolute atomic E-state index is 0.0361. The SMILES string of the molecule is COc1ccc(CCNC(=O)C2CN(c3nc4c(F)cccc4s3)C2)cc1OC. The lowest BCUT2D eigenvalue weighted by Gasteiger charge is -2.37. The Bertz CT molecular complexity index is 1030. The van der Waals surface area contributed by atoms with E-state index in [9.17, 15) is 9.18 Å². The highest BCUT2D eigenvalue weighted by molar-refractivity contribution is 7.22. The average Bonchev–Trinajstić information content (AvgIpc) is 3.11. The maximum absolute atomic E-state index is 13.8. The Morgan fingerprint density at radius 1 is 1.24 bits per heavy atom. The molecule has 0 bridgehead atoms. The van der Waals surface area contributed by atoms with E-state index in [2.05, 4.69) is 10.3 Å². The maximum atomic E-state index is 13.8. The van der Waals surface area contributed by atoms with Gasteiger partial charge in [-0.15, -0.1) is 0 Å². The number of halogens is 1. The number of rotatable bonds is 7. The van der Waals surface area contributed by atoms with Crippen LogP contribution in [0.15, 0.2) is 36.4 Å². The molecule has 1 aromatic heterocycles. The van der Waals surface area contributed by atoms with Crippen LogP contribution in [0, 0.1) is 11.7 Å². The summed E-state index contributed by atoms with van der Waals surface area (Å²) in [5.74, 6) is 1.02. The van der Waals surface area contributed by atoms with Crippen molar-refractivity contribution in [3.63, 3.8) is 0 Å². The van der Waals surface area contributed by atoms with Gasteiger partial charge in [0, 0.05) is 19.6 Å². The molecule has 152 valence electrons. The van der Waals surface area contributed by atoms with Crippen molar-refractivity contribution in [2.45, 2.75) is 6.42 Å². The first kappa shape index (κ1) is 19.4. The summed E-state index contributed by atoms with van der Waals surface area (Å²) < 4.78 is 25.2. The number of fused-ring (bicyclic) bond motifs is 1. The fraction of sp³-hybridized carbons (Fsp3) is 0.333. The molecule has 1 aliphatic rings. The van der Waals surface area contributed by atoms with Crippen LogP contribution in [-0.4, -0.2) is 44.7 Å². The van der Waals surface area contributed by atoms with Gasteiger partial charge in [-0.3, -0.25) is 4.79 Å². The van der Waals surface area contributed by atoms with E-state index in [0.717, 1.165) is 15.4 Å². The van der Waals surface area contributed by atoms with Crippen molar-refractivity contribution in [1.82, 2.24) is 10.3 Å². The summed E-state index contributed by atoms with van der Waals surface area (Å²) in [6.07, 6.45) is 0.708. The summed E-state index contributed by atoms with van der Waals surface area (Å²) in [4.78, 5) is 18.8. The number of aromatic nitrogens is 1. The molecule has 3 aromatic rings. The number of hydrogen-bond acceptors (Lipinski definition) is 6. The number of methoxy groups -OCH3 is 2. The van der Waals surface area contributed by atoms with Gasteiger partial charge in [0.2, 0.25) is 5.91 Å². The van der Waals surface area contributed by atoms with Gasteiger partial charge >= 0.3 is 0 Å². The van der Waals surface area contributed by atoms with E-state index in [4.69, 9.17) is 9.47 Å². The number of nitrogens with one attached hydrogen (secondary N) is 1. The van der Waals surface area contributed by atoms with Gasteiger partial charge in [0.05, 0.1) is 24.8 Å². The van der Waals surface area contributed by atoms with Gasteiger partial charge in [-0.25, -0.2) is 9.37 Å². The Hall–Kier alpha value is -2.87. The number of hydrogen-bond donors (Lipinski definition) is 1. The molecule has 1 N–H and O–H groups in total. The summed E-state index contributed by atoms with van der Waals surface area (Å²) in [5, 5.41) is 3.76. The number of ether oxygens (including phenoxy) is 2. The van der Waals surface area contributed by atoms with Crippen LogP contribution >= 0.6 is 11.3 Å². The molecule has 0 unspecified atom stereocenters. The number of nitrogens with zero attached hydrogens (tertiary/aromatic N) is 2. The quantitative estimate of drug-likeness (QED) is 0.642. The second-order valence-electron chi connectivity index (χ2n) is 6.92. The van der Waals surface area contributed by atoms with E-state index in [-0.39, 0.29) is 17.6 Å². The zero-order valence-corrected chi connectivity index (χ0v) is 17.1. The standard InChI is InChI=1S/C21H22FN3O3S/c1-27-16-7-6-13(10-17(16)28-2)8-9-23-20(26)14-11-25(12-14)21-24-19-15(22)4-3-5-18(19)29-21/h3-7,10,14H,8-9,11-12H2,1-2H3,(H,23,26). The molecule has 0 radical (unpaired) electrons. The number of carbonyl (C=O) groups is 1. The fourth-order valence-corrected chi connectivity index (χ4v) is 4.35. The van der Waals surface area contributed by atoms with Gasteiger partial charge in [-0.05, 0) is 36.2 Å². The molecule has 0 saturated carbocycles. The first-order valence-corrected chi connectivity index (χ1v) is 10.2. The van der Waals surface area contributed by atoms with Gasteiger partial charge in [0.1, 0.15) is 11.3 Å². The average molecular weight is 415 g/mol. The molecule has 4 rings (SSSR count). The molecule has 0 spiro atoms. The molecule has 1 saturated heterocycles. The van der Waals surface area contributed by atoms with Crippen LogP contribution in [-0.2, 0) is 11.2 Å². The number of para-hydroxylation sites is 1. The second kappa shape index (κ2) is 8.24. The summed E-state index contributed by atoms with van der Waals surface area (Å²) in [5.41, 5.74) is 1.46. The number of amides is 1. The van der Waals surface area contributed by atoms with Crippen LogP contribution in [0.2, 0.25) is 0 Å². The predicted octanol–water partition coefficient (Wildman–Crippen LogP) is 3.25. The first-order chi connectivity index (χ1) is 14.1. The van der Waals surface area contributed by atoms with Crippen LogP contribution in [0.25, 0.3) is 10.2 Å². The highest BCUT2D eigenvalue weighted by Gasteiger charge is 2.34. The Morgan fingerprint density at radius 2 is 2.03 bits per heavy atom. The van der Waals surface area contributed by atoms with Crippen LogP contribution in [0.4, 0.5) is 9.52 Å². The third-order valence-corrected chi connectivity index (χ3v) is 6.12. The van der Waals surface area contributed by atoms with Crippen molar-refractivity contribution in [1.29, 1.82) is 0 Å². The molecule has 2 aromatic carbocycles. The molecule has 6 nitrogen and oxygen atoms in total. The van der Waals surface area contributed by atoms with Crippen molar-refractivity contribution >= 4 is 32.6 Å². The molecule has 29 heavy (non-hydrogen) atoms. The molecule has 1 amide bonds. The van der Waals surface area contributed by atoms with Crippen molar-refractivity contribution in [2.75, 3.05) is 38.8 Å². The van der Waals surface area contributed by atoms with E-state index >= 15 is 0 Å². The fourth-order valence-electron chi connectivity index (χ4n) is 3.35. The molecule has 8 heteroatoms. The zero-order valence-electron chi connectivity index (χ0n) is 16.3. The largest absolute Gasteiger partial charge is 0.493 e. The molecule has 1 fully saturated rings. The number of benzene rings is 2. The minimum Gasteiger partial charge on any atom is -0.493 e. The highest BCUT2D eigenvalue weighted by atomic mass is 32.1. The summed E-state index contributed by atoms with van der Waals surface area (Å²) in [6, 6.07) is 10.7. The van der Waals surface area contributed by atoms with Crippen LogP contribution in [0.3, 0.4) is 0 Å². The molecule has 2 heterocycles. The maximum Gasteiger partial charge on any atom is 0.226 e. The van der Waals surface area contributed by atoms with Gasteiger partial charge in [0.15, 0.2) is 16.6 Å². The van der Waals surface area contributed by atoms with Crippen LogP contribution in [0.5, 0.6) is 11.5 Å². The van der Waals surface area contributed by atoms with E-state index in [0.29, 0.717) is 43.1 Å². The Kier molecular flexibility index (Phi) is 5.53. The smallest absolute Gasteiger partial charge is 0.226 e. The number of thiazole rings is 1. The summed E-state index contributed by atoms with van der Waals surface area (Å²) in [7, 11) is 3.20. The molecule has 0 aliphatic carbocycles. The minimum atomic E-state index is -0.310. The van der Waals surface area contributed by atoms with E-state index < -0.39 is 0 Å². The summed E-state index contributed by atoms with van der Waals surface area (Å²) in [6.45, 7) is 1.75. The van der Waals surface area contributed by atoms with Gasteiger partial charge in [-0.1, -0.05) is 23.5 Å². The highest BCUT2D eigenvalue weighted by Crippen LogP contribution is 2.34. The lowest BCUT2D eigenvalue weighted by molar-refractivity contribution is -0.125. The van der Waals surface area contributed by atoms with Crippen molar-refractivity contribution in [3.05, 3.63) is 47.8 Å². The van der Waals surface area contributed by atoms with Gasteiger partial charge in [0.25, 0.3) is 0 Å². The molecular weight excluding hydrogens is 393 g/mol. The van der Waals surface area contributed by atoms with Crippen molar-refractivity contribution in [2.24, 2.45) is 5.92 Å². The van der Waals surface area contributed by atoms with E-state index in [1.807, 2.05) is 29.2 Å². The molecular formula is C21H22FN3O3S. The predicted molar refractivity (Wildman–Crippen MR) is 112 cm³/mol. The van der Waals surface area contributed by atoms with Crippen molar-refractivity contribution < 1.29 is 18.7 Å². The Labute approximate surface area is 172 Å².